The summed E-state index contributed by atoms with van der Waals surface area (Å²) in [4.78, 5) is 16.5. The first-order valence-electron chi connectivity index (χ1n) is 7.21. The summed E-state index contributed by atoms with van der Waals surface area (Å²) in [6, 6.07) is 3.79. The number of hydrogen-bond donors (Lipinski definition) is 1. The number of rotatable bonds is 7. The van der Waals surface area contributed by atoms with Crippen LogP contribution in [0.2, 0.25) is 0 Å². The van der Waals surface area contributed by atoms with Crippen molar-refractivity contribution in [2.24, 2.45) is 5.92 Å². The summed E-state index contributed by atoms with van der Waals surface area (Å²) in [6.45, 7) is 7.14. The van der Waals surface area contributed by atoms with Crippen molar-refractivity contribution in [3.8, 4) is 0 Å². The molecule has 2 aromatic heterocycles. The highest BCUT2D eigenvalue weighted by Gasteiger charge is 2.25. The smallest absolute Gasteiger partial charge is 0.234 e. The second kappa shape index (κ2) is 7.88. The van der Waals surface area contributed by atoms with Gasteiger partial charge in [-0.05, 0) is 34.9 Å². The van der Waals surface area contributed by atoms with Gasteiger partial charge in [-0.1, -0.05) is 31.7 Å². The number of nitrogens with one attached hydrogen (secondary N) is 1. The second-order valence-electron chi connectivity index (χ2n) is 5.14. The number of hydrogen-bond acceptors (Lipinski definition) is 6. The van der Waals surface area contributed by atoms with Crippen LogP contribution in [0.15, 0.2) is 29.7 Å². The maximum atomic E-state index is 12.5. The number of thioether (sulfide) groups is 1. The Balaban J connectivity index is 1.99. The Kier molecular flexibility index (Phi) is 5.88. The highest BCUT2D eigenvalue weighted by atomic mass is 32.2. The predicted molar refractivity (Wildman–Crippen MR) is 84.1 cm³/mol. The molecule has 0 spiro atoms. The molecule has 2 heterocycles. The molecule has 8 heteroatoms. The van der Waals surface area contributed by atoms with Crippen LogP contribution < -0.4 is 5.32 Å². The summed E-state index contributed by atoms with van der Waals surface area (Å²) in [5.41, 5.74) is 0.974. The topological polar surface area (TPSA) is 85.6 Å². The SMILES string of the molecule is CCn1nnnc1S[C@@H](C(=O)NCc1cccnc1)C(C)C. The maximum absolute atomic E-state index is 12.5. The fourth-order valence-corrected chi connectivity index (χ4v) is 2.94. The summed E-state index contributed by atoms with van der Waals surface area (Å²) in [6.07, 6.45) is 3.46. The number of amides is 1. The van der Waals surface area contributed by atoms with E-state index in [4.69, 9.17) is 0 Å². The molecule has 0 saturated carbocycles. The minimum atomic E-state index is -0.243. The van der Waals surface area contributed by atoms with E-state index in [2.05, 4.69) is 25.8 Å². The van der Waals surface area contributed by atoms with E-state index in [-0.39, 0.29) is 17.1 Å². The van der Waals surface area contributed by atoms with Gasteiger partial charge in [0.15, 0.2) is 0 Å². The summed E-state index contributed by atoms with van der Waals surface area (Å²) in [7, 11) is 0. The summed E-state index contributed by atoms with van der Waals surface area (Å²) in [5, 5.41) is 14.9. The summed E-state index contributed by atoms with van der Waals surface area (Å²) >= 11 is 1.40. The lowest BCUT2D eigenvalue weighted by Crippen LogP contribution is -2.35. The van der Waals surface area contributed by atoms with Crippen molar-refractivity contribution in [1.29, 1.82) is 0 Å². The third-order valence-electron chi connectivity index (χ3n) is 3.08. The first-order chi connectivity index (χ1) is 10.6. The fourth-order valence-electron chi connectivity index (χ4n) is 1.88. The van der Waals surface area contributed by atoms with Crippen LogP contribution >= 0.6 is 11.8 Å². The van der Waals surface area contributed by atoms with Crippen molar-refractivity contribution in [3.63, 3.8) is 0 Å². The van der Waals surface area contributed by atoms with Gasteiger partial charge < -0.3 is 5.32 Å². The lowest BCUT2D eigenvalue weighted by molar-refractivity contribution is -0.121. The zero-order valence-electron chi connectivity index (χ0n) is 12.9. The molecule has 1 atom stereocenters. The molecule has 0 fully saturated rings. The van der Waals surface area contributed by atoms with Crippen molar-refractivity contribution >= 4 is 17.7 Å². The fraction of sp³-hybridized carbons (Fsp3) is 0.500. The zero-order chi connectivity index (χ0) is 15.9. The van der Waals surface area contributed by atoms with Gasteiger partial charge in [0, 0.05) is 25.5 Å². The molecule has 1 amide bonds. The van der Waals surface area contributed by atoms with Crippen LogP contribution in [0.1, 0.15) is 26.3 Å². The van der Waals surface area contributed by atoms with Gasteiger partial charge in [0.05, 0.1) is 5.25 Å². The number of aryl methyl sites for hydroxylation is 1. The maximum Gasteiger partial charge on any atom is 0.234 e. The normalized spacial score (nSPS) is 12.4. The van der Waals surface area contributed by atoms with E-state index < -0.39 is 0 Å². The number of pyridine rings is 1. The van der Waals surface area contributed by atoms with Gasteiger partial charge in [0.25, 0.3) is 0 Å². The Morgan fingerprint density at radius 3 is 2.91 bits per heavy atom. The molecule has 22 heavy (non-hydrogen) atoms. The number of nitrogens with zero attached hydrogens (tertiary/aromatic N) is 5. The lowest BCUT2D eigenvalue weighted by atomic mass is 10.1. The van der Waals surface area contributed by atoms with E-state index in [1.165, 1.54) is 11.8 Å². The number of carbonyl (C=O) groups is 1. The Labute approximate surface area is 133 Å². The predicted octanol–water partition coefficient (Wildman–Crippen LogP) is 1.52. The molecule has 2 aromatic rings. The molecule has 0 saturated heterocycles. The first kappa shape index (κ1) is 16.4. The number of aromatic nitrogens is 5. The van der Waals surface area contributed by atoms with Gasteiger partial charge in [0.2, 0.25) is 11.1 Å². The molecule has 1 N–H and O–H groups in total. The molecule has 0 aromatic carbocycles. The van der Waals surface area contributed by atoms with Crippen LogP contribution in [0.4, 0.5) is 0 Å². The highest BCUT2D eigenvalue weighted by Crippen LogP contribution is 2.26. The third kappa shape index (κ3) is 4.27. The molecule has 7 nitrogen and oxygen atoms in total. The summed E-state index contributed by atoms with van der Waals surface area (Å²) in [5.74, 6) is 0.149. The Morgan fingerprint density at radius 1 is 1.45 bits per heavy atom. The monoisotopic (exact) mass is 320 g/mol. The minimum Gasteiger partial charge on any atom is -0.351 e. The number of tetrazole rings is 1. The van der Waals surface area contributed by atoms with Crippen molar-refractivity contribution in [2.45, 2.75) is 44.3 Å². The van der Waals surface area contributed by atoms with Crippen molar-refractivity contribution in [1.82, 2.24) is 30.5 Å². The average molecular weight is 320 g/mol. The zero-order valence-corrected chi connectivity index (χ0v) is 13.7. The average Bonchev–Trinajstić information content (AvgIpc) is 2.98. The van der Waals surface area contributed by atoms with Gasteiger partial charge in [-0.2, -0.15) is 0 Å². The van der Waals surface area contributed by atoms with Crippen molar-refractivity contribution < 1.29 is 4.79 Å². The Morgan fingerprint density at radius 2 is 2.27 bits per heavy atom. The van der Waals surface area contributed by atoms with Crippen molar-refractivity contribution in [3.05, 3.63) is 30.1 Å². The molecular formula is C14H20N6OS. The third-order valence-corrected chi connectivity index (χ3v) is 4.60. The van der Waals surface area contributed by atoms with Gasteiger partial charge in [-0.25, -0.2) is 4.68 Å². The molecule has 0 radical (unpaired) electrons. The van der Waals surface area contributed by atoms with E-state index >= 15 is 0 Å². The van der Waals surface area contributed by atoms with Gasteiger partial charge >= 0.3 is 0 Å². The van der Waals surface area contributed by atoms with E-state index in [0.717, 1.165) is 5.56 Å². The summed E-state index contributed by atoms with van der Waals surface area (Å²) < 4.78 is 1.69. The number of carbonyl (C=O) groups excluding carboxylic acids is 1. The standard InChI is InChI=1S/C14H20N6OS/c1-4-20-14(17-18-19-20)22-12(10(2)3)13(21)16-9-11-6-5-7-15-8-11/h5-8,10,12H,4,9H2,1-3H3,(H,16,21)/t12-/m1/s1. The largest absolute Gasteiger partial charge is 0.351 e. The minimum absolute atomic E-state index is 0.0190. The van der Waals surface area contributed by atoms with E-state index in [1.54, 1.807) is 17.1 Å². The van der Waals surface area contributed by atoms with Crippen LogP contribution in [-0.2, 0) is 17.9 Å². The molecule has 0 aliphatic rings. The highest BCUT2D eigenvalue weighted by molar-refractivity contribution is 8.00. The molecule has 0 aliphatic heterocycles. The van der Waals surface area contributed by atoms with Crippen LogP contribution in [-0.4, -0.2) is 36.3 Å². The lowest BCUT2D eigenvalue weighted by Gasteiger charge is -2.19. The van der Waals surface area contributed by atoms with Crippen molar-refractivity contribution in [2.75, 3.05) is 0 Å². The second-order valence-corrected chi connectivity index (χ2v) is 6.25. The first-order valence-corrected chi connectivity index (χ1v) is 8.09. The van der Waals surface area contributed by atoms with Crippen LogP contribution in [0.5, 0.6) is 0 Å². The van der Waals surface area contributed by atoms with E-state index in [0.29, 0.717) is 18.2 Å². The molecule has 0 bridgehead atoms. The molecule has 0 aliphatic carbocycles. The Bertz CT molecular complexity index is 600. The molecule has 2 rings (SSSR count). The molecular weight excluding hydrogens is 300 g/mol. The Hall–Kier alpha value is -1.96. The molecule has 0 unspecified atom stereocenters. The van der Waals surface area contributed by atoms with Gasteiger partial charge in [-0.3, -0.25) is 9.78 Å². The van der Waals surface area contributed by atoms with E-state index in [1.807, 2.05) is 32.9 Å². The van der Waals surface area contributed by atoms with Crippen LogP contribution in [0.3, 0.4) is 0 Å². The quantitative estimate of drug-likeness (QED) is 0.779. The van der Waals surface area contributed by atoms with Gasteiger partial charge in [-0.15, -0.1) is 5.10 Å². The van der Waals surface area contributed by atoms with Crippen LogP contribution in [0.25, 0.3) is 0 Å². The van der Waals surface area contributed by atoms with Crippen LogP contribution in [0, 0.1) is 5.92 Å². The van der Waals surface area contributed by atoms with E-state index in [9.17, 15) is 4.79 Å². The molecule has 118 valence electrons. The van der Waals surface area contributed by atoms with Gasteiger partial charge in [0.1, 0.15) is 0 Å².